The number of sulfone groups is 1. The second-order valence-corrected chi connectivity index (χ2v) is 16.1. The Hall–Kier alpha value is -3.47. The maximum Gasteiger partial charge on any atom is 0.407 e. The molecule has 10 heteroatoms. The number of anilines is 1. The molecule has 1 aromatic heterocycles. The zero-order valence-corrected chi connectivity index (χ0v) is 28.4. The van der Waals surface area contributed by atoms with Gasteiger partial charge in [-0.15, -0.1) is 0 Å². The fraction of sp³-hybridized carbons (Fsp3) is 0.514. The van der Waals surface area contributed by atoms with Crippen molar-refractivity contribution >= 4 is 21.6 Å². The minimum Gasteiger partial charge on any atom is -0.453 e. The lowest BCUT2D eigenvalue weighted by molar-refractivity contribution is 0.0334. The molecule has 7 rings (SSSR count). The molecule has 2 aromatic carbocycles. The number of likely N-dealkylation sites (N-methyl/N-ethyl adjacent to an activating group) is 1. The number of hydrogen-bond donors (Lipinski definition) is 1. The molecule has 1 saturated carbocycles. The second-order valence-electron chi connectivity index (χ2n) is 14.2. The Morgan fingerprint density at radius 3 is 2.38 bits per heavy atom. The van der Waals surface area contributed by atoms with Gasteiger partial charge >= 0.3 is 6.09 Å². The average molecular weight is 658 g/mol. The second kappa shape index (κ2) is 13.2. The molecule has 1 amide bonds. The molecule has 47 heavy (non-hydrogen) atoms. The zero-order valence-electron chi connectivity index (χ0n) is 27.6. The minimum atomic E-state index is -3.54. The molecule has 2 saturated heterocycles. The van der Waals surface area contributed by atoms with E-state index in [-0.39, 0.29) is 22.4 Å². The summed E-state index contributed by atoms with van der Waals surface area (Å²) in [5, 5.41) is 3.24. The molecule has 9 nitrogen and oxygen atoms in total. The van der Waals surface area contributed by atoms with Crippen LogP contribution in [0.4, 0.5) is 10.5 Å². The zero-order chi connectivity index (χ0) is 32.6. The highest BCUT2D eigenvalue weighted by molar-refractivity contribution is 7.91. The van der Waals surface area contributed by atoms with Crippen LogP contribution in [0.2, 0.25) is 0 Å². The van der Waals surface area contributed by atoms with Crippen molar-refractivity contribution in [2.75, 3.05) is 58.3 Å². The van der Waals surface area contributed by atoms with Crippen LogP contribution in [-0.2, 0) is 26.5 Å². The number of amides is 1. The largest absolute Gasteiger partial charge is 0.453 e. The summed E-state index contributed by atoms with van der Waals surface area (Å²) in [4.78, 5) is 24.4. The summed E-state index contributed by atoms with van der Waals surface area (Å²) in [7, 11) is 0.175. The third-order valence-corrected chi connectivity index (χ3v) is 13.2. The summed E-state index contributed by atoms with van der Waals surface area (Å²) in [6, 6.07) is 19.6. The van der Waals surface area contributed by atoms with E-state index in [1.807, 2.05) is 12.1 Å². The highest BCUT2D eigenvalue weighted by Gasteiger charge is 2.54. The molecule has 3 fully saturated rings. The van der Waals surface area contributed by atoms with Crippen LogP contribution in [0.5, 0.6) is 0 Å². The van der Waals surface area contributed by atoms with Crippen molar-refractivity contribution in [3.8, 4) is 0 Å². The summed E-state index contributed by atoms with van der Waals surface area (Å²) >= 11 is 0. The van der Waals surface area contributed by atoms with Crippen LogP contribution in [0.1, 0.15) is 43.2 Å². The molecule has 0 unspecified atom stereocenters. The minimum absolute atomic E-state index is 0.00217. The number of pyridine rings is 1. The van der Waals surface area contributed by atoms with Gasteiger partial charge in [0.15, 0.2) is 0 Å². The van der Waals surface area contributed by atoms with Crippen molar-refractivity contribution in [3.05, 3.63) is 84.2 Å². The number of likely N-dealkylation sites (tertiary alicyclic amines) is 1. The van der Waals surface area contributed by atoms with Crippen LogP contribution in [-0.4, -0.2) is 88.8 Å². The first-order valence-electron chi connectivity index (χ1n) is 17.1. The molecule has 1 aliphatic carbocycles. The number of nitrogens with zero attached hydrogens (tertiary/aromatic N) is 4. The summed E-state index contributed by atoms with van der Waals surface area (Å²) in [6.45, 7) is 7.26. The van der Waals surface area contributed by atoms with Gasteiger partial charge in [0.25, 0.3) is 0 Å². The highest BCUT2D eigenvalue weighted by Crippen LogP contribution is 2.53. The number of fused-ring (bicyclic) bond motifs is 1. The van der Waals surface area contributed by atoms with E-state index in [4.69, 9.17) is 4.74 Å². The lowest BCUT2D eigenvalue weighted by atomic mass is 9.56. The van der Waals surface area contributed by atoms with Crippen molar-refractivity contribution in [1.82, 2.24) is 20.1 Å². The molecule has 3 aromatic rings. The molecule has 4 heterocycles. The summed E-state index contributed by atoms with van der Waals surface area (Å²) in [5.41, 5.74) is 4.02. The van der Waals surface area contributed by atoms with E-state index in [1.54, 1.807) is 12.1 Å². The van der Waals surface area contributed by atoms with E-state index in [9.17, 15) is 13.2 Å². The summed E-state index contributed by atoms with van der Waals surface area (Å²) in [6.07, 6.45) is 8.29. The van der Waals surface area contributed by atoms with Gasteiger partial charge in [-0.3, -0.25) is 4.98 Å². The monoisotopic (exact) mass is 657 g/mol. The SMILES string of the molecule is COC(=O)N[C@H]1CCC[C@@H]1[C@]1(C2CCN(CC3CN(c4ccc(S(=O)(=O)c5ccncc5)cc4)C3)CC2)CN(C)Cc2ccccc21. The quantitative estimate of drug-likeness (QED) is 0.363. The van der Waals surface area contributed by atoms with Gasteiger partial charge in [-0.1, -0.05) is 30.7 Å². The van der Waals surface area contributed by atoms with Crippen molar-refractivity contribution < 1.29 is 17.9 Å². The van der Waals surface area contributed by atoms with Crippen molar-refractivity contribution in [1.29, 1.82) is 0 Å². The van der Waals surface area contributed by atoms with Gasteiger partial charge in [0.05, 0.1) is 16.9 Å². The maximum absolute atomic E-state index is 13.0. The Labute approximate surface area is 279 Å². The van der Waals surface area contributed by atoms with Gasteiger partial charge in [-0.25, -0.2) is 13.2 Å². The van der Waals surface area contributed by atoms with E-state index in [0.717, 1.165) is 83.6 Å². The number of ether oxygens (including phenoxy) is 1. The summed E-state index contributed by atoms with van der Waals surface area (Å²) < 4.78 is 31.0. The van der Waals surface area contributed by atoms with E-state index >= 15 is 0 Å². The Bertz CT molecular complexity index is 1660. The first kappa shape index (κ1) is 32.1. The number of carbonyl (C=O) groups excluding carboxylic acids is 1. The molecule has 0 bridgehead atoms. The number of nitrogens with one attached hydrogen (secondary N) is 1. The van der Waals surface area contributed by atoms with Gasteiger partial charge in [0.1, 0.15) is 0 Å². The molecular weight excluding hydrogens is 611 g/mol. The third-order valence-electron chi connectivity index (χ3n) is 11.4. The van der Waals surface area contributed by atoms with Crippen molar-refractivity contribution in [2.45, 2.75) is 59.9 Å². The van der Waals surface area contributed by atoms with Crippen molar-refractivity contribution in [2.24, 2.45) is 17.8 Å². The fourth-order valence-corrected chi connectivity index (χ4v) is 10.5. The maximum atomic E-state index is 13.0. The highest BCUT2D eigenvalue weighted by atomic mass is 32.2. The van der Waals surface area contributed by atoms with Gasteiger partial charge in [-0.2, -0.15) is 0 Å². The molecule has 4 aliphatic rings. The first-order valence-corrected chi connectivity index (χ1v) is 18.6. The van der Waals surface area contributed by atoms with E-state index in [1.165, 1.54) is 42.8 Å². The third kappa shape index (κ3) is 6.16. The topological polar surface area (TPSA) is 95.1 Å². The molecule has 1 N–H and O–H groups in total. The standard InChI is InChI=1S/C37H47N5O4S/c1-40-25-28-6-3-4-7-33(28)37(26-40,34-8-5-9-35(34)39-36(43)46-2)29-16-20-41(21-17-29)22-27-23-42(24-27)30-10-12-31(13-11-30)47(44,45)32-14-18-38-19-15-32/h3-4,6-7,10-15,18-19,27,29,34-35H,5,8-9,16-17,20-26H2,1-2H3,(H,39,43)/t34-,35-,37-/m0/s1. The van der Waals surface area contributed by atoms with Crippen LogP contribution in [0, 0.1) is 17.8 Å². The Balaban J connectivity index is 0.996. The predicted molar refractivity (Wildman–Crippen MR) is 182 cm³/mol. The normalized spacial score (nSPS) is 26.0. The number of carbonyl (C=O) groups is 1. The molecule has 3 atom stereocenters. The number of aromatic nitrogens is 1. The Kier molecular flexibility index (Phi) is 9.02. The van der Waals surface area contributed by atoms with Gasteiger partial charge in [0.2, 0.25) is 9.84 Å². The van der Waals surface area contributed by atoms with Crippen LogP contribution in [0.3, 0.4) is 0 Å². The number of piperidine rings is 1. The lowest BCUT2D eigenvalue weighted by Crippen LogP contribution is -2.59. The predicted octanol–water partition coefficient (Wildman–Crippen LogP) is 4.97. The smallest absolute Gasteiger partial charge is 0.407 e. The number of hydrogen-bond acceptors (Lipinski definition) is 8. The molecule has 3 aliphatic heterocycles. The molecule has 0 spiro atoms. The summed E-state index contributed by atoms with van der Waals surface area (Å²) in [5.74, 6) is 1.53. The van der Waals surface area contributed by atoms with Crippen LogP contribution >= 0.6 is 0 Å². The van der Waals surface area contributed by atoms with Gasteiger partial charge in [-0.05, 0) is 105 Å². The van der Waals surface area contributed by atoms with Crippen LogP contribution in [0.15, 0.2) is 82.8 Å². The number of methoxy groups -OCH3 is 1. The fourth-order valence-electron chi connectivity index (χ4n) is 9.30. The van der Waals surface area contributed by atoms with Crippen LogP contribution < -0.4 is 10.2 Å². The number of alkyl carbamates (subject to hydrolysis) is 1. The van der Waals surface area contributed by atoms with E-state index in [2.05, 4.69) is 56.3 Å². The molecule has 250 valence electrons. The number of benzene rings is 2. The average Bonchev–Trinajstić information content (AvgIpc) is 3.55. The van der Waals surface area contributed by atoms with E-state index in [0.29, 0.717) is 22.6 Å². The lowest BCUT2D eigenvalue weighted by Gasteiger charge is -2.55. The molecular formula is C37H47N5O4S. The van der Waals surface area contributed by atoms with Crippen molar-refractivity contribution in [3.63, 3.8) is 0 Å². The number of rotatable bonds is 8. The Morgan fingerprint density at radius 1 is 0.957 bits per heavy atom. The van der Waals surface area contributed by atoms with Gasteiger partial charge < -0.3 is 24.8 Å². The van der Waals surface area contributed by atoms with E-state index < -0.39 is 9.84 Å². The first-order chi connectivity index (χ1) is 22.8. The Morgan fingerprint density at radius 2 is 1.66 bits per heavy atom. The van der Waals surface area contributed by atoms with Gasteiger partial charge in [0, 0.05) is 68.2 Å². The molecule has 0 radical (unpaired) electrons. The van der Waals surface area contributed by atoms with Crippen LogP contribution in [0.25, 0.3) is 0 Å².